The van der Waals surface area contributed by atoms with Crippen LogP contribution in [0.3, 0.4) is 0 Å². The summed E-state index contributed by atoms with van der Waals surface area (Å²) in [7, 11) is 0. The Kier molecular flexibility index (Phi) is 31.4. The third kappa shape index (κ3) is 32.6. The maximum absolute atomic E-state index is 10.2. The van der Waals surface area contributed by atoms with Crippen LogP contribution >= 0.6 is 0 Å². The average Bonchev–Trinajstić information content (AvgIpc) is 2.79. The van der Waals surface area contributed by atoms with Gasteiger partial charge in [0.1, 0.15) is 0 Å². The molecule has 0 heterocycles. The Morgan fingerprint density at radius 1 is 0.714 bits per heavy atom. The largest absolute Gasteiger partial charge is 4.00 e. The molecule has 0 aliphatic rings. The number of anilines is 1. The molecule has 0 amide bonds. The zero-order valence-corrected chi connectivity index (χ0v) is 23.3. The first-order chi connectivity index (χ1) is 16.2. The third-order valence-corrected chi connectivity index (χ3v) is 5.14. The van der Waals surface area contributed by atoms with Gasteiger partial charge < -0.3 is 35.7 Å². The van der Waals surface area contributed by atoms with Crippen LogP contribution in [-0.2, 0) is 26.5 Å². The SMILES string of the molecule is CC(C)CCCCCCCCCCCCCCC(=O)[O-].Nc1ccc(C(=O)[O-])cc1.[O-]CC[O-].[Ti+4]. The van der Waals surface area contributed by atoms with Crippen molar-refractivity contribution in [1.29, 1.82) is 0 Å². The van der Waals surface area contributed by atoms with Crippen LogP contribution in [-0.4, -0.2) is 25.2 Å². The van der Waals surface area contributed by atoms with Gasteiger partial charge in [0.05, 0.1) is 5.97 Å². The molecule has 0 aliphatic carbocycles. The van der Waals surface area contributed by atoms with E-state index < -0.39 is 25.2 Å². The first-order valence-electron chi connectivity index (χ1n) is 12.7. The first-order valence-corrected chi connectivity index (χ1v) is 12.7. The second-order valence-corrected chi connectivity index (χ2v) is 8.86. The zero-order chi connectivity index (χ0) is 26.0. The molecule has 1 aromatic rings. The number of hydrogen-bond donors (Lipinski definition) is 1. The Balaban J connectivity index is -0.000000564. The van der Waals surface area contributed by atoms with Crippen LogP contribution in [0.25, 0.3) is 0 Å². The monoisotopic (exact) mass is 527 g/mol. The van der Waals surface area contributed by atoms with Gasteiger partial charge in [0.2, 0.25) is 0 Å². The van der Waals surface area contributed by atoms with E-state index in [-0.39, 0.29) is 33.7 Å². The van der Waals surface area contributed by atoms with Crippen LogP contribution in [0.4, 0.5) is 5.69 Å². The summed E-state index contributed by atoms with van der Waals surface area (Å²) in [6, 6.07) is 5.85. The maximum atomic E-state index is 10.2. The van der Waals surface area contributed by atoms with Crippen molar-refractivity contribution in [3.8, 4) is 0 Å². The van der Waals surface area contributed by atoms with Crippen molar-refractivity contribution in [2.24, 2.45) is 5.92 Å². The van der Waals surface area contributed by atoms with E-state index in [1.54, 1.807) is 0 Å². The zero-order valence-electron chi connectivity index (χ0n) is 21.7. The first kappa shape index (κ1) is 38.1. The molecule has 0 aromatic heterocycles. The van der Waals surface area contributed by atoms with Crippen LogP contribution in [0.5, 0.6) is 0 Å². The van der Waals surface area contributed by atoms with Crippen LogP contribution in [0.15, 0.2) is 24.3 Å². The summed E-state index contributed by atoms with van der Waals surface area (Å²) in [5.41, 5.74) is 6.01. The van der Waals surface area contributed by atoms with Gasteiger partial charge in [-0.1, -0.05) is 103 Å². The normalized spacial score (nSPS) is 9.86. The van der Waals surface area contributed by atoms with Crippen molar-refractivity contribution < 1.29 is 51.7 Å². The number of aliphatic carboxylic acids is 1. The number of carboxylic acid groups (broad SMARTS) is 2. The van der Waals surface area contributed by atoms with Gasteiger partial charge in [0, 0.05) is 11.7 Å². The Hall–Kier alpha value is -1.41. The minimum absolute atomic E-state index is 0. The number of nitrogen functional groups attached to an aromatic ring is 1. The van der Waals surface area contributed by atoms with E-state index in [4.69, 9.17) is 15.9 Å². The fourth-order valence-corrected chi connectivity index (χ4v) is 3.21. The summed E-state index contributed by atoms with van der Waals surface area (Å²) >= 11 is 0. The molecule has 198 valence electrons. The molecule has 8 heteroatoms. The molecule has 1 aromatic carbocycles. The number of carbonyl (C=O) groups is 2. The molecule has 35 heavy (non-hydrogen) atoms. The molecule has 0 fully saturated rings. The molecule has 2 N–H and O–H groups in total. The minimum Gasteiger partial charge on any atom is -0.855 e. The van der Waals surface area contributed by atoms with E-state index >= 15 is 0 Å². The van der Waals surface area contributed by atoms with Crippen molar-refractivity contribution in [3.05, 3.63) is 29.8 Å². The second kappa shape index (κ2) is 28.8. The molecule has 0 bridgehead atoms. The second-order valence-electron chi connectivity index (χ2n) is 8.86. The van der Waals surface area contributed by atoms with E-state index in [1.165, 1.54) is 94.9 Å². The van der Waals surface area contributed by atoms with Gasteiger partial charge >= 0.3 is 21.7 Å². The Bertz CT molecular complexity index is 594. The third-order valence-electron chi connectivity index (χ3n) is 5.14. The molecule has 0 saturated carbocycles. The summed E-state index contributed by atoms with van der Waals surface area (Å²) < 4.78 is 0. The van der Waals surface area contributed by atoms with Gasteiger partial charge in [-0.2, -0.15) is 13.2 Å². The van der Waals surface area contributed by atoms with E-state index in [2.05, 4.69) is 13.8 Å². The smallest absolute Gasteiger partial charge is 0.855 e. The summed E-state index contributed by atoms with van der Waals surface area (Å²) in [5.74, 6) is -1.22. The fraction of sp³-hybridized carbons (Fsp3) is 0.704. The van der Waals surface area contributed by atoms with Gasteiger partial charge in [0.25, 0.3) is 0 Å². The number of unbranched alkanes of at least 4 members (excludes halogenated alkanes) is 11. The van der Waals surface area contributed by atoms with E-state index in [0.717, 1.165) is 18.8 Å². The summed E-state index contributed by atoms with van der Waals surface area (Å²) in [6.45, 7) is 3.64. The van der Waals surface area contributed by atoms with Gasteiger partial charge in [-0.15, -0.1) is 0 Å². The Morgan fingerprint density at radius 3 is 1.40 bits per heavy atom. The summed E-state index contributed by atoms with van der Waals surface area (Å²) in [5, 5.41) is 38.4. The fourth-order valence-electron chi connectivity index (χ4n) is 3.21. The predicted molar refractivity (Wildman–Crippen MR) is 129 cm³/mol. The van der Waals surface area contributed by atoms with Crippen LogP contribution in [0, 0.1) is 5.92 Å². The molecule has 0 spiro atoms. The number of carboxylic acids is 2. The quantitative estimate of drug-likeness (QED) is 0.185. The van der Waals surface area contributed by atoms with Crippen molar-refractivity contribution in [3.63, 3.8) is 0 Å². The van der Waals surface area contributed by atoms with Gasteiger partial charge in [0.15, 0.2) is 0 Å². The molecular weight excluding hydrogens is 482 g/mol. The standard InChI is InChI=1S/C18H36O2.C7H7NO2.C2H4O2.Ti/c1-17(2)15-13-11-9-7-5-3-4-6-8-10-12-14-16-18(19)20;8-6-3-1-5(2-4-6)7(9)10;3-1-2-4;/h17H,3-16H2,1-2H3,(H,19,20);1-4H,8H2,(H,9,10);1-2H2;/q;;-2;+4/p-2. The topological polar surface area (TPSA) is 152 Å². The molecule has 0 atom stereocenters. The molecule has 7 nitrogen and oxygen atoms in total. The Labute approximate surface area is 227 Å². The minimum atomic E-state index is -1.18. The number of carbonyl (C=O) groups excluding carboxylic acids is 2. The van der Waals surface area contributed by atoms with E-state index in [1.807, 2.05) is 0 Å². The van der Waals surface area contributed by atoms with Gasteiger partial charge in [-0.05, 0) is 36.5 Å². The number of aromatic carboxylic acids is 1. The maximum Gasteiger partial charge on any atom is 4.00 e. The van der Waals surface area contributed by atoms with Crippen LogP contribution < -0.4 is 26.2 Å². The van der Waals surface area contributed by atoms with Crippen molar-refractivity contribution in [1.82, 2.24) is 0 Å². The Morgan fingerprint density at radius 2 is 1.09 bits per heavy atom. The van der Waals surface area contributed by atoms with E-state index in [9.17, 15) is 19.8 Å². The van der Waals surface area contributed by atoms with Gasteiger partial charge in [-0.25, -0.2) is 0 Å². The molecule has 1 rings (SSSR count). The van der Waals surface area contributed by atoms with Crippen LogP contribution in [0.2, 0.25) is 0 Å². The number of benzene rings is 1. The number of hydrogen-bond acceptors (Lipinski definition) is 7. The van der Waals surface area contributed by atoms with Crippen molar-refractivity contribution >= 4 is 17.6 Å². The van der Waals surface area contributed by atoms with E-state index in [0.29, 0.717) is 5.69 Å². The summed E-state index contributed by atoms with van der Waals surface area (Å²) in [4.78, 5) is 20.4. The molecule has 0 aliphatic heterocycles. The molecule has 0 radical (unpaired) electrons. The molecule has 0 unspecified atom stereocenters. The average molecular weight is 528 g/mol. The van der Waals surface area contributed by atoms with Gasteiger partial charge in [-0.3, -0.25) is 0 Å². The van der Waals surface area contributed by atoms with Crippen molar-refractivity contribution in [2.75, 3.05) is 18.9 Å². The molecular formula is C27H45NO6Ti. The number of nitrogens with two attached hydrogens (primary N) is 1. The van der Waals surface area contributed by atoms with Crippen LogP contribution in [0.1, 0.15) is 114 Å². The molecule has 0 saturated heterocycles. The predicted octanol–water partition coefficient (Wildman–Crippen LogP) is 2.19. The van der Waals surface area contributed by atoms with Crippen molar-refractivity contribution in [2.45, 2.75) is 104 Å². The summed E-state index contributed by atoms with van der Waals surface area (Å²) in [6.07, 6.45) is 17.0. The number of rotatable bonds is 17.